The molecule has 0 aromatic carbocycles. The molecule has 0 aliphatic carbocycles. The normalized spacial score (nSPS) is 18.0. The molecule has 2 heteroatoms. The molecule has 0 aromatic rings. The molecule has 0 heterocycles. The third kappa shape index (κ3) is 5.22. The van der Waals surface area contributed by atoms with Crippen LogP contribution in [-0.2, 0) is 4.74 Å². The molecule has 0 bridgehead atoms. The van der Waals surface area contributed by atoms with Gasteiger partial charge in [-0.2, -0.15) is 0 Å². The van der Waals surface area contributed by atoms with Crippen LogP contribution in [0.1, 0.15) is 34.6 Å². The largest absolute Gasteiger partial charge is 0.391 e. The zero-order valence-electron chi connectivity index (χ0n) is 8.22. The topological polar surface area (TPSA) is 29.5 Å². The van der Waals surface area contributed by atoms with Crippen LogP contribution in [0.25, 0.3) is 0 Å². The molecule has 0 rings (SSSR count). The van der Waals surface area contributed by atoms with Crippen molar-refractivity contribution in [3.05, 3.63) is 0 Å². The van der Waals surface area contributed by atoms with Crippen LogP contribution >= 0.6 is 0 Å². The van der Waals surface area contributed by atoms with Gasteiger partial charge in [-0.05, 0) is 19.3 Å². The summed E-state index contributed by atoms with van der Waals surface area (Å²) in [6, 6.07) is 0. The van der Waals surface area contributed by atoms with E-state index in [9.17, 15) is 0 Å². The number of aliphatic hydroxyl groups is 1. The van der Waals surface area contributed by atoms with Crippen LogP contribution in [0.2, 0.25) is 0 Å². The summed E-state index contributed by atoms with van der Waals surface area (Å²) >= 11 is 0. The van der Waals surface area contributed by atoms with Gasteiger partial charge in [-0.3, -0.25) is 0 Å². The highest BCUT2D eigenvalue weighted by Gasteiger charge is 2.20. The zero-order chi connectivity index (χ0) is 9.07. The van der Waals surface area contributed by atoms with Crippen LogP contribution in [0.4, 0.5) is 0 Å². The monoisotopic (exact) mass is 160 g/mol. The Kier molecular flexibility index (Phi) is 4.04. The van der Waals surface area contributed by atoms with E-state index in [1.54, 1.807) is 6.92 Å². The molecular formula is C9H20O2. The fraction of sp³-hybridized carbons (Fsp3) is 1.00. The Morgan fingerprint density at radius 2 is 1.73 bits per heavy atom. The Morgan fingerprint density at radius 1 is 1.27 bits per heavy atom. The highest BCUT2D eigenvalue weighted by Crippen LogP contribution is 2.21. The highest BCUT2D eigenvalue weighted by atomic mass is 16.5. The van der Waals surface area contributed by atoms with E-state index >= 15 is 0 Å². The second-order valence-corrected chi connectivity index (χ2v) is 4.19. The molecule has 0 amide bonds. The second kappa shape index (κ2) is 4.07. The minimum absolute atomic E-state index is 0.162. The number of hydrogen-bond acceptors (Lipinski definition) is 2. The van der Waals surface area contributed by atoms with E-state index < -0.39 is 0 Å². The molecule has 0 fully saturated rings. The minimum atomic E-state index is -0.361. The van der Waals surface area contributed by atoms with Crippen LogP contribution in [-0.4, -0.2) is 23.9 Å². The number of hydrogen-bond donors (Lipinski definition) is 1. The first-order valence-corrected chi connectivity index (χ1v) is 4.13. The quantitative estimate of drug-likeness (QED) is 0.682. The lowest BCUT2D eigenvalue weighted by Gasteiger charge is -2.27. The first-order valence-electron chi connectivity index (χ1n) is 4.13. The number of aliphatic hydroxyl groups excluding tert-OH is 1. The molecule has 0 aliphatic rings. The highest BCUT2D eigenvalue weighted by molar-refractivity contribution is 4.69. The third-order valence-electron chi connectivity index (χ3n) is 1.81. The van der Waals surface area contributed by atoms with Crippen molar-refractivity contribution in [3.8, 4) is 0 Å². The Balaban J connectivity index is 3.61. The lowest BCUT2D eigenvalue weighted by Crippen LogP contribution is -2.28. The minimum Gasteiger partial charge on any atom is -0.391 e. The average molecular weight is 160 g/mol. The third-order valence-corrected chi connectivity index (χ3v) is 1.81. The van der Waals surface area contributed by atoms with Crippen molar-refractivity contribution >= 4 is 0 Å². The van der Waals surface area contributed by atoms with Gasteiger partial charge in [-0.25, -0.2) is 0 Å². The van der Waals surface area contributed by atoms with Gasteiger partial charge in [0.05, 0.1) is 18.8 Å². The summed E-state index contributed by atoms with van der Waals surface area (Å²) in [6.07, 6.45) is -0.170. The summed E-state index contributed by atoms with van der Waals surface area (Å²) < 4.78 is 5.42. The molecule has 68 valence electrons. The summed E-state index contributed by atoms with van der Waals surface area (Å²) in [4.78, 5) is 0. The maximum Gasteiger partial charge on any atom is 0.0745 e. The van der Waals surface area contributed by atoms with Gasteiger partial charge in [0.15, 0.2) is 0 Å². The van der Waals surface area contributed by atoms with E-state index in [0.29, 0.717) is 6.61 Å². The summed E-state index contributed by atoms with van der Waals surface area (Å²) in [5.41, 5.74) is 0.162. The predicted octanol–water partition coefficient (Wildman–Crippen LogP) is 1.82. The van der Waals surface area contributed by atoms with Crippen LogP contribution in [0.3, 0.4) is 0 Å². The van der Waals surface area contributed by atoms with Gasteiger partial charge in [0.1, 0.15) is 0 Å². The summed E-state index contributed by atoms with van der Waals surface area (Å²) in [5.74, 6) is 0. The molecule has 0 aromatic heterocycles. The Hall–Kier alpha value is -0.0800. The molecule has 2 atom stereocenters. The van der Waals surface area contributed by atoms with E-state index in [4.69, 9.17) is 9.84 Å². The summed E-state index contributed by atoms with van der Waals surface area (Å²) in [7, 11) is 0. The smallest absolute Gasteiger partial charge is 0.0745 e. The van der Waals surface area contributed by atoms with E-state index in [1.807, 2.05) is 6.92 Å². The fourth-order valence-corrected chi connectivity index (χ4v) is 0.534. The lowest BCUT2D eigenvalue weighted by atomic mass is 9.90. The second-order valence-electron chi connectivity index (χ2n) is 4.19. The number of rotatable bonds is 3. The van der Waals surface area contributed by atoms with E-state index in [2.05, 4.69) is 20.8 Å². The Morgan fingerprint density at radius 3 is 2.00 bits per heavy atom. The van der Waals surface area contributed by atoms with Gasteiger partial charge in [0.2, 0.25) is 0 Å². The van der Waals surface area contributed by atoms with Crippen molar-refractivity contribution in [1.82, 2.24) is 0 Å². The molecule has 0 aliphatic heterocycles. The molecule has 2 unspecified atom stereocenters. The molecule has 0 spiro atoms. The van der Waals surface area contributed by atoms with Crippen LogP contribution < -0.4 is 0 Å². The van der Waals surface area contributed by atoms with Gasteiger partial charge < -0.3 is 9.84 Å². The Bertz CT molecular complexity index is 103. The van der Waals surface area contributed by atoms with Gasteiger partial charge in [0, 0.05) is 0 Å². The molecule has 2 nitrogen and oxygen atoms in total. The fourth-order valence-electron chi connectivity index (χ4n) is 0.534. The molecule has 0 radical (unpaired) electrons. The van der Waals surface area contributed by atoms with Crippen LogP contribution in [0.15, 0.2) is 0 Å². The lowest BCUT2D eigenvalue weighted by molar-refractivity contribution is -0.0411. The first-order chi connectivity index (χ1) is 4.84. The molecule has 0 saturated heterocycles. The maximum atomic E-state index is 8.94. The first kappa shape index (κ1) is 10.9. The van der Waals surface area contributed by atoms with E-state index in [1.165, 1.54) is 0 Å². The molecular weight excluding hydrogens is 140 g/mol. The van der Waals surface area contributed by atoms with E-state index in [-0.39, 0.29) is 17.6 Å². The predicted molar refractivity (Wildman–Crippen MR) is 46.5 cm³/mol. The Labute approximate surface area is 69.6 Å². The molecule has 1 N–H and O–H groups in total. The summed E-state index contributed by atoms with van der Waals surface area (Å²) in [5, 5.41) is 8.94. The van der Waals surface area contributed by atoms with Crippen molar-refractivity contribution in [2.24, 2.45) is 5.41 Å². The van der Waals surface area contributed by atoms with Crippen molar-refractivity contribution in [3.63, 3.8) is 0 Å². The maximum absolute atomic E-state index is 8.94. The van der Waals surface area contributed by atoms with E-state index in [0.717, 1.165) is 0 Å². The van der Waals surface area contributed by atoms with Crippen LogP contribution in [0, 0.1) is 5.41 Å². The van der Waals surface area contributed by atoms with Gasteiger partial charge >= 0.3 is 0 Å². The van der Waals surface area contributed by atoms with Crippen molar-refractivity contribution in [2.45, 2.75) is 46.8 Å². The van der Waals surface area contributed by atoms with Gasteiger partial charge in [0.25, 0.3) is 0 Å². The number of ether oxygens (including phenoxy) is 1. The zero-order valence-corrected chi connectivity index (χ0v) is 8.22. The average Bonchev–Trinajstić information content (AvgIpc) is 1.80. The SMILES string of the molecule is CC(O)COC(C)C(C)(C)C. The van der Waals surface area contributed by atoms with Gasteiger partial charge in [-0.1, -0.05) is 20.8 Å². The molecule has 0 saturated carbocycles. The van der Waals surface area contributed by atoms with Crippen molar-refractivity contribution in [1.29, 1.82) is 0 Å². The molecule has 11 heavy (non-hydrogen) atoms. The standard InChI is InChI=1S/C9H20O2/c1-7(10)6-11-8(2)9(3,4)5/h7-8,10H,6H2,1-5H3. The summed E-state index contributed by atoms with van der Waals surface area (Å²) in [6.45, 7) is 10.6. The van der Waals surface area contributed by atoms with Crippen molar-refractivity contribution in [2.75, 3.05) is 6.61 Å². The van der Waals surface area contributed by atoms with Crippen LogP contribution in [0.5, 0.6) is 0 Å². The van der Waals surface area contributed by atoms with Crippen molar-refractivity contribution < 1.29 is 9.84 Å². The van der Waals surface area contributed by atoms with Gasteiger partial charge in [-0.15, -0.1) is 0 Å².